The Hall–Kier alpha value is -1.79. The summed E-state index contributed by atoms with van der Waals surface area (Å²) in [6.45, 7) is 3.34. The largest absolute Gasteiger partial charge is 0.480 e. The molecule has 102 valence electrons. The van der Waals surface area contributed by atoms with Gasteiger partial charge in [0.05, 0.1) is 0 Å². The van der Waals surface area contributed by atoms with Crippen LogP contribution in [0.15, 0.2) is 0 Å². The summed E-state index contributed by atoms with van der Waals surface area (Å²) in [6.07, 6.45) is 1.92. The number of urea groups is 1. The Morgan fingerprint density at radius 3 is 2.50 bits per heavy atom. The van der Waals surface area contributed by atoms with E-state index in [1.165, 1.54) is 18.7 Å². The summed E-state index contributed by atoms with van der Waals surface area (Å²) in [5.41, 5.74) is 3.83. The predicted molar refractivity (Wildman–Crippen MR) is 63.8 cm³/mol. The summed E-state index contributed by atoms with van der Waals surface area (Å²) in [5, 5.41) is 11.7. The molecule has 1 aliphatic rings. The number of carbonyl (C=O) groups excluding carboxylic acids is 2. The molecule has 1 saturated heterocycles. The molecule has 1 fully saturated rings. The average Bonchev–Trinajstić information content (AvgIpc) is 2.28. The van der Waals surface area contributed by atoms with Crippen LogP contribution < -0.4 is 11.1 Å². The Bertz CT molecular complexity index is 371. The number of nitrogens with zero attached hydrogens (tertiary/aromatic N) is 1. The quantitative estimate of drug-likeness (QED) is 0.655. The Labute approximate surface area is 105 Å². The molecule has 0 aliphatic carbocycles. The molecule has 0 aromatic carbocycles. The van der Waals surface area contributed by atoms with E-state index >= 15 is 0 Å². The summed E-state index contributed by atoms with van der Waals surface area (Å²) in [7, 11) is 0. The number of rotatable bonds is 3. The number of hydrogen-bond acceptors (Lipinski definition) is 3. The predicted octanol–water partition coefficient (Wildman–Crippen LogP) is -0.101. The van der Waals surface area contributed by atoms with Crippen molar-refractivity contribution in [2.45, 2.75) is 44.7 Å². The van der Waals surface area contributed by atoms with E-state index in [1.807, 2.05) is 0 Å². The average molecular weight is 257 g/mol. The topological polar surface area (TPSA) is 113 Å². The number of primary amides is 1. The van der Waals surface area contributed by atoms with Gasteiger partial charge in [0.25, 0.3) is 0 Å². The lowest BCUT2D eigenvalue weighted by atomic mass is 9.89. The fraction of sp³-hybridized carbons (Fsp3) is 0.727. The van der Waals surface area contributed by atoms with Crippen molar-refractivity contribution >= 4 is 17.9 Å². The highest BCUT2D eigenvalue weighted by atomic mass is 16.4. The number of piperidine rings is 1. The fourth-order valence-electron chi connectivity index (χ4n) is 2.00. The van der Waals surface area contributed by atoms with Crippen LogP contribution in [0.3, 0.4) is 0 Å². The molecule has 1 rings (SSSR count). The van der Waals surface area contributed by atoms with Gasteiger partial charge in [-0.05, 0) is 33.1 Å². The Morgan fingerprint density at radius 2 is 2.00 bits per heavy atom. The molecule has 1 heterocycles. The van der Waals surface area contributed by atoms with Gasteiger partial charge in [0, 0.05) is 6.54 Å². The van der Waals surface area contributed by atoms with Crippen molar-refractivity contribution < 1.29 is 19.5 Å². The van der Waals surface area contributed by atoms with Crippen LogP contribution >= 0.6 is 0 Å². The molecule has 1 aliphatic heterocycles. The summed E-state index contributed by atoms with van der Waals surface area (Å²) in [4.78, 5) is 35.4. The van der Waals surface area contributed by atoms with E-state index in [0.29, 0.717) is 13.0 Å². The number of amides is 3. The number of carboxylic acids is 1. The van der Waals surface area contributed by atoms with Gasteiger partial charge in [0.2, 0.25) is 5.91 Å². The monoisotopic (exact) mass is 257 g/mol. The SMILES string of the molecule is CC(NC(=O)N1CCCCC1(C)C(=O)O)C(N)=O. The van der Waals surface area contributed by atoms with Crippen molar-refractivity contribution in [2.75, 3.05) is 6.54 Å². The maximum absolute atomic E-state index is 12.0. The van der Waals surface area contributed by atoms with E-state index in [0.717, 1.165) is 12.8 Å². The van der Waals surface area contributed by atoms with E-state index in [4.69, 9.17) is 5.73 Å². The highest BCUT2D eigenvalue weighted by Crippen LogP contribution is 2.28. The molecule has 0 aromatic heterocycles. The van der Waals surface area contributed by atoms with Crippen molar-refractivity contribution in [3.8, 4) is 0 Å². The summed E-state index contributed by atoms with van der Waals surface area (Å²) in [6, 6.07) is -1.39. The number of carboxylic acid groups (broad SMARTS) is 1. The van der Waals surface area contributed by atoms with Gasteiger partial charge in [-0.3, -0.25) is 4.79 Å². The molecule has 0 bridgehead atoms. The van der Waals surface area contributed by atoms with Gasteiger partial charge in [0.15, 0.2) is 0 Å². The maximum Gasteiger partial charge on any atom is 0.329 e. The van der Waals surface area contributed by atoms with Crippen molar-refractivity contribution in [3.05, 3.63) is 0 Å². The third kappa shape index (κ3) is 2.72. The Morgan fingerprint density at radius 1 is 1.39 bits per heavy atom. The lowest BCUT2D eigenvalue weighted by molar-refractivity contribution is -0.150. The van der Waals surface area contributed by atoms with Crippen LogP contribution in [0.25, 0.3) is 0 Å². The van der Waals surface area contributed by atoms with Crippen LogP contribution in [0.5, 0.6) is 0 Å². The second-order valence-corrected chi connectivity index (χ2v) is 4.76. The summed E-state index contributed by atoms with van der Waals surface area (Å²) in [5.74, 6) is -1.69. The van der Waals surface area contributed by atoms with Crippen molar-refractivity contribution in [1.29, 1.82) is 0 Å². The number of hydrogen-bond donors (Lipinski definition) is 3. The number of nitrogens with one attached hydrogen (secondary N) is 1. The molecule has 0 radical (unpaired) electrons. The molecule has 7 heteroatoms. The highest BCUT2D eigenvalue weighted by Gasteiger charge is 2.44. The second-order valence-electron chi connectivity index (χ2n) is 4.76. The number of aliphatic carboxylic acids is 1. The summed E-state index contributed by atoms with van der Waals surface area (Å²) >= 11 is 0. The number of carbonyl (C=O) groups is 3. The molecule has 7 nitrogen and oxygen atoms in total. The standard InChI is InChI=1S/C11H19N3O4/c1-7(8(12)15)13-10(18)14-6-4-3-5-11(14,2)9(16)17/h7H,3-6H2,1-2H3,(H2,12,15)(H,13,18)(H,16,17). The van der Waals surface area contributed by atoms with Crippen LogP contribution in [0, 0.1) is 0 Å². The van der Waals surface area contributed by atoms with Crippen LogP contribution in [0.4, 0.5) is 4.79 Å². The maximum atomic E-state index is 12.0. The molecule has 0 aromatic rings. The first-order valence-electron chi connectivity index (χ1n) is 5.90. The molecule has 4 N–H and O–H groups in total. The minimum absolute atomic E-state index is 0.361. The second kappa shape index (κ2) is 5.24. The normalized spacial score (nSPS) is 25.3. The van der Waals surface area contributed by atoms with Crippen molar-refractivity contribution in [1.82, 2.24) is 10.2 Å². The van der Waals surface area contributed by atoms with Gasteiger partial charge in [-0.25, -0.2) is 9.59 Å². The third-order valence-electron chi connectivity index (χ3n) is 3.36. The molecule has 3 amide bonds. The van der Waals surface area contributed by atoms with Crippen LogP contribution in [0.1, 0.15) is 33.1 Å². The zero-order valence-electron chi connectivity index (χ0n) is 10.6. The lowest BCUT2D eigenvalue weighted by Crippen LogP contribution is -2.61. The minimum Gasteiger partial charge on any atom is -0.480 e. The van der Waals surface area contributed by atoms with Crippen molar-refractivity contribution in [3.63, 3.8) is 0 Å². The van der Waals surface area contributed by atoms with Crippen LogP contribution in [-0.4, -0.2) is 46.0 Å². The molecular weight excluding hydrogens is 238 g/mol. The van der Waals surface area contributed by atoms with E-state index in [1.54, 1.807) is 0 Å². The van der Waals surface area contributed by atoms with Crippen molar-refractivity contribution in [2.24, 2.45) is 5.73 Å². The molecular formula is C11H19N3O4. The third-order valence-corrected chi connectivity index (χ3v) is 3.36. The lowest BCUT2D eigenvalue weighted by Gasteiger charge is -2.41. The van der Waals surface area contributed by atoms with Crippen LogP contribution in [-0.2, 0) is 9.59 Å². The van der Waals surface area contributed by atoms with Gasteiger partial charge < -0.3 is 21.1 Å². The Kier molecular flexibility index (Phi) is 4.15. The van der Waals surface area contributed by atoms with E-state index in [2.05, 4.69) is 5.32 Å². The molecule has 0 saturated carbocycles. The van der Waals surface area contributed by atoms with Gasteiger partial charge in [-0.15, -0.1) is 0 Å². The van der Waals surface area contributed by atoms with Gasteiger partial charge in [0.1, 0.15) is 11.6 Å². The van der Waals surface area contributed by atoms with Gasteiger partial charge in [-0.1, -0.05) is 0 Å². The number of likely N-dealkylation sites (tertiary alicyclic amines) is 1. The first-order valence-corrected chi connectivity index (χ1v) is 5.90. The van der Waals surface area contributed by atoms with Gasteiger partial charge >= 0.3 is 12.0 Å². The summed E-state index contributed by atoms with van der Waals surface area (Å²) < 4.78 is 0. The molecule has 18 heavy (non-hydrogen) atoms. The molecule has 2 unspecified atom stereocenters. The van der Waals surface area contributed by atoms with E-state index in [9.17, 15) is 19.5 Å². The zero-order chi connectivity index (χ0) is 13.9. The van der Waals surface area contributed by atoms with Gasteiger partial charge in [-0.2, -0.15) is 0 Å². The fourth-order valence-corrected chi connectivity index (χ4v) is 2.00. The molecule has 2 atom stereocenters. The van der Waals surface area contributed by atoms with Crippen LogP contribution in [0.2, 0.25) is 0 Å². The highest BCUT2D eigenvalue weighted by molar-refractivity contribution is 5.89. The molecule has 0 spiro atoms. The zero-order valence-corrected chi connectivity index (χ0v) is 10.6. The first-order chi connectivity index (χ1) is 8.29. The Balaban J connectivity index is 2.81. The minimum atomic E-state index is -1.22. The van der Waals surface area contributed by atoms with E-state index in [-0.39, 0.29) is 0 Å². The smallest absolute Gasteiger partial charge is 0.329 e. The first kappa shape index (κ1) is 14.3. The van der Waals surface area contributed by atoms with E-state index < -0.39 is 29.5 Å². The number of nitrogens with two attached hydrogens (primary N) is 1.